The predicted octanol–water partition coefficient (Wildman–Crippen LogP) is 4.01. The predicted molar refractivity (Wildman–Crippen MR) is 92.7 cm³/mol. The van der Waals surface area contributed by atoms with Gasteiger partial charge in [0.05, 0.1) is 6.61 Å². The van der Waals surface area contributed by atoms with Crippen LogP contribution in [0.25, 0.3) is 11.4 Å². The third-order valence-electron chi connectivity index (χ3n) is 3.29. The maximum absolute atomic E-state index is 13.0. The average molecular weight is 324 g/mol. The van der Waals surface area contributed by atoms with Crippen molar-refractivity contribution < 1.29 is 9.13 Å². The average Bonchev–Trinajstić information content (AvgIpc) is 2.57. The summed E-state index contributed by atoms with van der Waals surface area (Å²) in [5.41, 5.74) is 7.40. The molecular formula is C18H17FN4O. The van der Waals surface area contributed by atoms with E-state index in [1.165, 1.54) is 12.1 Å². The molecule has 0 fully saturated rings. The molecule has 0 atom stereocenters. The number of nitrogen functional groups attached to an aromatic ring is 1. The zero-order valence-corrected chi connectivity index (χ0v) is 13.2. The lowest BCUT2D eigenvalue weighted by atomic mass is 10.2. The molecule has 24 heavy (non-hydrogen) atoms. The minimum Gasteiger partial charge on any atom is -0.494 e. The topological polar surface area (TPSA) is 73.1 Å². The summed E-state index contributed by atoms with van der Waals surface area (Å²) in [4.78, 5) is 8.63. The molecule has 3 rings (SSSR count). The summed E-state index contributed by atoms with van der Waals surface area (Å²) in [7, 11) is 0. The van der Waals surface area contributed by atoms with E-state index >= 15 is 0 Å². The van der Waals surface area contributed by atoms with Gasteiger partial charge in [-0.05, 0) is 55.5 Å². The zero-order valence-electron chi connectivity index (χ0n) is 13.2. The fourth-order valence-electron chi connectivity index (χ4n) is 2.21. The lowest BCUT2D eigenvalue weighted by Gasteiger charge is -2.09. The number of rotatable bonds is 5. The van der Waals surface area contributed by atoms with E-state index in [9.17, 15) is 4.39 Å². The van der Waals surface area contributed by atoms with Crippen LogP contribution >= 0.6 is 0 Å². The van der Waals surface area contributed by atoms with Crippen LogP contribution in [0, 0.1) is 5.82 Å². The number of aromatic nitrogens is 2. The Bertz CT molecular complexity index is 819. The number of nitrogens with zero attached hydrogens (tertiary/aromatic N) is 2. The van der Waals surface area contributed by atoms with Crippen LogP contribution in [0.15, 0.2) is 54.6 Å². The highest BCUT2D eigenvalue weighted by atomic mass is 19.1. The van der Waals surface area contributed by atoms with E-state index in [2.05, 4.69) is 15.3 Å². The molecular weight excluding hydrogens is 307 g/mol. The lowest BCUT2D eigenvalue weighted by molar-refractivity contribution is 0.340. The minimum atomic E-state index is -0.310. The molecule has 2 aromatic carbocycles. The molecule has 0 saturated heterocycles. The van der Waals surface area contributed by atoms with Gasteiger partial charge in [0.15, 0.2) is 5.82 Å². The molecule has 6 heteroatoms. The van der Waals surface area contributed by atoms with Gasteiger partial charge in [-0.15, -0.1) is 0 Å². The van der Waals surface area contributed by atoms with Crippen molar-refractivity contribution in [2.75, 3.05) is 17.7 Å². The van der Waals surface area contributed by atoms with Crippen LogP contribution in [0.2, 0.25) is 0 Å². The van der Waals surface area contributed by atoms with Crippen LogP contribution in [0.4, 0.5) is 21.7 Å². The zero-order chi connectivity index (χ0) is 16.9. The summed E-state index contributed by atoms with van der Waals surface area (Å²) in [6.45, 7) is 2.56. The molecule has 3 aromatic rings. The van der Waals surface area contributed by atoms with Crippen LogP contribution < -0.4 is 15.8 Å². The van der Waals surface area contributed by atoms with Gasteiger partial charge in [-0.2, -0.15) is 0 Å². The number of halogens is 1. The quantitative estimate of drug-likeness (QED) is 0.742. The van der Waals surface area contributed by atoms with Gasteiger partial charge in [0.2, 0.25) is 0 Å². The van der Waals surface area contributed by atoms with Gasteiger partial charge in [0.25, 0.3) is 0 Å². The van der Waals surface area contributed by atoms with Crippen molar-refractivity contribution in [2.24, 2.45) is 0 Å². The Balaban J connectivity index is 1.84. The van der Waals surface area contributed by atoms with Crippen LogP contribution in [0.5, 0.6) is 5.75 Å². The summed E-state index contributed by atoms with van der Waals surface area (Å²) in [5, 5.41) is 3.17. The first-order valence-electron chi connectivity index (χ1n) is 7.54. The maximum atomic E-state index is 13.0. The van der Waals surface area contributed by atoms with Crippen molar-refractivity contribution in [3.8, 4) is 17.1 Å². The van der Waals surface area contributed by atoms with Crippen molar-refractivity contribution in [1.29, 1.82) is 0 Å². The van der Waals surface area contributed by atoms with Gasteiger partial charge in [0, 0.05) is 17.3 Å². The van der Waals surface area contributed by atoms with E-state index in [0.29, 0.717) is 29.6 Å². The van der Waals surface area contributed by atoms with E-state index in [-0.39, 0.29) is 5.82 Å². The third kappa shape index (κ3) is 3.78. The molecule has 0 spiro atoms. The SMILES string of the molecule is CCOc1ccc(Nc2cc(N)nc(-c3ccc(F)cc3)n2)cc1. The van der Waals surface area contributed by atoms with Crippen molar-refractivity contribution >= 4 is 17.3 Å². The summed E-state index contributed by atoms with van der Waals surface area (Å²) in [6, 6.07) is 15.1. The molecule has 5 nitrogen and oxygen atoms in total. The van der Waals surface area contributed by atoms with E-state index in [4.69, 9.17) is 10.5 Å². The highest BCUT2D eigenvalue weighted by Gasteiger charge is 2.06. The minimum absolute atomic E-state index is 0.310. The van der Waals surface area contributed by atoms with E-state index < -0.39 is 0 Å². The Morgan fingerprint density at radius 2 is 1.75 bits per heavy atom. The normalized spacial score (nSPS) is 10.4. The highest BCUT2D eigenvalue weighted by Crippen LogP contribution is 2.23. The third-order valence-corrected chi connectivity index (χ3v) is 3.29. The number of nitrogens with two attached hydrogens (primary N) is 1. The van der Waals surface area contributed by atoms with Crippen molar-refractivity contribution in [1.82, 2.24) is 9.97 Å². The first-order valence-corrected chi connectivity index (χ1v) is 7.54. The number of hydrogen-bond acceptors (Lipinski definition) is 5. The van der Waals surface area contributed by atoms with E-state index in [1.807, 2.05) is 31.2 Å². The maximum Gasteiger partial charge on any atom is 0.163 e. The summed E-state index contributed by atoms with van der Waals surface area (Å²) in [6.07, 6.45) is 0. The number of hydrogen-bond donors (Lipinski definition) is 2. The monoisotopic (exact) mass is 324 g/mol. The van der Waals surface area contributed by atoms with Gasteiger partial charge in [-0.3, -0.25) is 0 Å². The van der Waals surface area contributed by atoms with Gasteiger partial charge in [-0.1, -0.05) is 0 Å². The lowest BCUT2D eigenvalue weighted by Crippen LogP contribution is -2.01. The molecule has 1 aromatic heterocycles. The molecule has 122 valence electrons. The van der Waals surface area contributed by atoms with Crippen LogP contribution in [-0.4, -0.2) is 16.6 Å². The standard InChI is InChI=1S/C18H17FN4O/c1-2-24-15-9-7-14(8-10-15)21-17-11-16(20)22-18(23-17)12-3-5-13(19)6-4-12/h3-11H,2H2,1H3,(H3,20,21,22,23). The fourth-order valence-corrected chi connectivity index (χ4v) is 2.21. The second-order valence-corrected chi connectivity index (χ2v) is 5.09. The Labute approximate surface area is 139 Å². The number of nitrogens with one attached hydrogen (secondary N) is 1. The summed E-state index contributed by atoms with van der Waals surface area (Å²) >= 11 is 0. The van der Waals surface area contributed by atoms with Crippen molar-refractivity contribution in [2.45, 2.75) is 6.92 Å². The second-order valence-electron chi connectivity index (χ2n) is 5.09. The highest BCUT2D eigenvalue weighted by molar-refractivity contribution is 5.64. The largest absolute Gasteiger partial charge is 0.494 e. The smallest absolute Gasteiger partial charge is 0.163 e. The second kappa shape index (κ2) is 6.95. The fraction of sp³-hybridized carbons (Fsp3) is 0.111. The Morgan fingerprint density at radius 1 is 1.04 bits per heavy atom. The van der Waals surface area contributed by atoms with Crippen molar-refractivity contribution in [3.63, 3.8) is 0 Å². The van der Waals surface area contributed by atoms with E-state index in [0.717, 1.165) is 11.4 Å². The van der Waals surface area contributed by atoms with Gasteiger partial charge in [-0.25, -0.2) is 14.4 Å². The number of benzene rings is 2. The van der Waals surface area contributed by atoms with Crippen LogP contribution in [0.1, 0.15) is 6.92 Å². The Morgan fingerprint density at radius 3 is 2.42 bits per heavy atom. The molecule has 0 saturated carbocycles. The summed E-state index contributed by atoms with van der Waals surface area (Å²) < 4.78 is 18.5. The molecule has 0 unspecified atom stereocenters. The molecule has 0 amide bonds. The molecule has 0 aliphatic heterocycles. The van der Waals surface area contributed by atoms with Crippen LogP contribution in [0.3, 0.4) is 0 Å². The molecule has 0 radical (unpaired) electrons. The van der Waals surface area contributed by atoms with Gasteiger partial charge >= 0.3 is 0 Å². The number of ether oxygens (including phenoxy) is 1. The molecule has 0 bridgehead atoms. The molecule has 3 N–H and O–H groups in total. The molecule has 1 heterocycles. The first kappa shape index (κ1) is 15.7. The van der Waals surface area contributed by atoms with Gasteiger partial charge < -0.3 is 15.8 Å². The van der Waals surface area contributed by atoms with Gasteiger partial charge in [0.1, 0.15) is 23.2 Å². The first-order chi connectivity index (χ1) is 11.6. The summed E-state index contributed by atoms with van der Waals surface area (Å²) in [5.74, 6) is 1.82. The molecule has 0 aliphatic rings. The van der Waals surface area contributed by atoms with E-state index in [1.54, 1.807) is 18.2 Å². The number of anilines is 3. The van der Waals surface area contributed by atoms with Crippen LogP contribution in [-0.2, 0) is 0 Å². The Hall–Kier alpha value is -3.15. The molecule has 0 aliphatic carbocycles. The Kier molecular flexibility index (Phi) is 4.56. The van der Waals surface area contributed by atoms with Crippen molar-refractivity contribution in [3.05, 3.63) is 60.4 Å².